The summed E-state index contributed by atoms with van der Waals surface area (Å²) in [5, 5.41) is 0. The third-order valence-electron chi connectivity index (χ3n) is 5.21. The Morgan fingerprint density at radius 3 is 2.44 bits per heavy atom. The van der Waals surface area contributed by atoms with E-state index in [9.17, 15) is 9.59 Å². The molecule has 25 heavy (non-hydrogen) atoms. The molecule has 0 radical (unpaired) electrons. The van der Waals surface area contributed by atoms with E-state index in [2.05, 4.69) is 26.0 Å². The number of carbonyl (C=O) groups is 2. The molecule has 0 spiro atoms. The van der Waals surface area contributed by atoms with Crippen molar-refractivity contribution in [2.75, 3.05) is 11.9 Å². The lowest BCUT2D eigenvalue weighted by molar-refractivity contribution is -0.123. The Kier molecular flexibility index (Phi) is 3.64. The van der Waals surface area contributed by atoms with Crippen molar-refractivity contribution in [1.29, 1.82) is 0 Å². The van der Waals surface area contributed by atoms with Crippen molar-refractivity contribution in [2.24, 2.45) is 5.92 Å². The SMILES string of the molecule is CC(C)CC1C(=O)N2Cc3ccccc3-c3cccc(c32)C(=O)N1C. The van der Waals surface area contributed by atoms with E-state index in [1.807, 2.05) is 35.2 Å². The summed E-state index contributed by atoms with van der Waals surface area (Å²) in [6, 6.07) is 13.5. The molecule has 2 aromatic rings. The summed E-state index contributed by atoms with van der Waals surface area (Å²) in [5.41, 5.74) is 4.60. The zero-order valence-electron chi connectivity index (χ0n) is 14.8. The summed E-state index contributed by atoms with van der Waals surface area (Å²) in [6.45, 7) is 4.69. The molecule has 2 amide bonds. The summed E-state index contributed by atoms with van der Waals surface area (Å²) in [5.74, 6) is 0.282. The lowest BCUT2D eigenvalue weighted by Crippen LogP contribution is -2.47. The molecule has 2 aromatic carbocycles. The molecule has 4 nitrogen and oxygen atoms in total. The van der Waals surface area contributed by atoms with Crippen LogP contribution in [0.3, 0.4) is 0 Å². The first-order chi connectivity index (χ1) is 12.0. The van der Waals surface area contributed by atoms with Crippen LogP contribution in [-0.4, -0.2) is 29.8 Å². The molecule has 2 aliphatic rings. The van der Waals surface area contributed by atoms with Gasteiger partial charge in [-0.25, -0.2) is 0 Å². The van der Waals surface area contributed by atoms with Crippen LogP contribution in [0.1, 0.15) is 36.2 Å². The first-order valence-electron chi connectivity index (χ1n) is 8.79. The van der Waals surface area contributed by atoms with Crippen LogP contribution < -0.4 is 4.90 Å². The highest BCUT2D eigenvalue weighted by Crippen LogP contribution is 2.43. The van der Waals surface area contributed by atoms with Gasteiger partial charge in [0.15, 0.2) is 0 Å². The minimum absolute atomic E-state index is 0.0188. The molecule has 0 aliphatic carbocycles. The van der Waals surface area contributed by atoms with E-state index in [0.717, 1.165) is 22.4 Å². The number of carbonyl (C=O) groups excluding carboxylic acids is 2. The van der Waals surface area contributed by atoms with E-state index < -0.39 is 6.04 Å². The zero-order chi connectivity index (χ0) is 17.7. The number of para-hydroxylation sites is 1. The lowest BCUT2D eigenvalue weighted by Gasteiger charge is -2.33. The van der Waals surface area contributed by atoms with Gasteiger partial charge in [0, 0.05) is 12.6 Å². The molecule has 128 valence electrons. The fourth-order valence-corrected chi connectivity index (χ4v) is 3.97. The van der Waals surface area contributed by atoms with E-state index in [1.54, 1.807) is 11.9 Å². The van der Waals surface area contributed by atoms with Gasteiger partial charge in [-0.1, -0.05) is 50.2 Å². The van der Waals surface area contributed by atoms with E-state index in [1.165, 1.54) is 0 Å². The van der Waals surface area contributed by atoms with Crippen LogP contribution in [0.25, 0.3) is 11.1 Å². The largest absolute Gasteiger partial charge is 0.330 e. The van der Waals surface area contributed by atoms with E-state index >= 15 is 0 Å². The Morgan fingerprint density at radius 1 is 1.00 bits per heavy atom. The van der Waals surface area contributed by atoms with Gasteiger partial charge in [-0.3, -0.25) is 9.59 Å². The maximum atomic E-state index is 13.4. The second kappa shape index (κ2) is 5.73. The van der Waals surface area contributed by atoms with Gasteiger partial charge in [-0.15, -0.1) is 0 Å². The monoisotopic (exact) mass is 334 g/mol. The number of rotatable bonds is 2. The molecule has 0 N–H and O–H groups in total. The predicted molar refractivity (Wildman–Crippen MR) is 98.4 cm³/mol. The maximum Gasteiger partial charge on any atom is 0.256 e. The molecule has 0 bridgehead atoms. The van der Waals surface area contributed by atoms with Gasteiger partial charge in [-0.05, 0) is 29.5 Å². The van der Waals surface area contributed by atoms with Crippen LogP contribution in [0.2, 0.25) is 0 Å². The van der Waals surface area contributed by atoms with Crippen LogP contribution in [0.4, 0.5) is 5.69 Å². The summed E-state index contributed by atoms with van der Waals surface area (Å²) in [7, 11) is 1.75. The fraction of sp³-hybridized carbons (Fsp3) is 0.333. The van der Waals surface area contributed by atoms with Crippen molar-refractivity contribution in [1.82, 2.24) is 4.90 Å². The molecule has 2 heterocycles. The number of likely N-dealkylation sites (N-methyl/N-ethyl adjacent to an activating group) is 1. The highest BCUT2D eigenvalue weighted by molar-refractivity contribution is 6.14. The third kappa shape index (κ3) is 2.36. The lowest BCUT2D eigenvalue weighted by atomic mass is 9.91. The van der Waals surface area contributed by atoms with Crippen molar-refractivity contribution >= 4 is 17.5 Å². The second-order valence-electron chi connectivity index (χ2n) is 7.34. The smallest absolute Gasteiger partial charge is 0.256 e. The summed E-state index contributed by atoms with van der Waals surface area (Å²) < 4.78 is 0. The summed E-state index contributed by atoms with van der Waals surface area (Å²) in [4.78, 5) is 29.9. The molecular formula is C21H22N2O2. The van der Waals surface area contributed by atoms with Gasteiger partial charge in [0.2, 0.25) is 5.91 Å². The minimum Gasteiger partial charge on any atom is -0.330 e. The Labute approximate surface area is 148 Å². The average Bonchev–Trinajstić information content (AvgIpc) is 2.68. The fourth-order valence-electron chi connectivity index (χ4n) is 3.97. The van der Waals surface area contributed by atoms with Crippen LogP contribution in [0.5, 0.6) is 0 Å². The number of nitrogens with zero attached hydrogens (tertiary/aromatic N) is 2. The first-order valence-corrected chi connectivity index (χ1v) is 8.79. The van der Waals surface area contributed by atoms with Gasteiger partial charge in [0.05, 0.1) is 17.8 Å². The number of amides is 2. The van der Waals surface area contributed by atoms with Crippen molar-refractivity contribution in [3.05, 3.63) is 53.6 Å². The van der Waals surface area contributed by atoms with E-state index in [-0.39, 0.29) is 11.8 Å². The highest BCUT2D eigenvalue weighted by atomic mass is 16.2. The van der Waals surface area contributed by atoms with Gasteiger partial charge in [-0.2, -0.15) is 0 Å². The van der Waals surface area contributed by atoms with Crippen molar-refractivity contribution < 1.29 is 9.59 Å². The molecule has 0 fully saturated rings. The molecule has 2 aliphatic heterocycles. The minimum atomic E-state index is -0.419. The molecule has 4 rings (SSSR count). The number of hydrogen-bond acceptors (Lipinski definition) is 2. The Bertz CT molecular complexity index is 872. The summed E-state index contributed by atoms with van der Waals surface area (Å²) >= 11 is 0. The average molecular weight is 334 g/mol. The topological polar surface area (TPSA) is 40.6 Å². The molecule has 0 saturated heterocycles. The van der Waals surface area contributed by atoms with Crippen molar-refractivity contribution in [3.8, 4) is 11.1 Å². The maximum absolute atomic E-state index is 13.4. The van der Waals surface area contributed by atoms with Gasteiger partial charge >= 0.3 is 0 Å². The molecular weight excluding hydrogens is 312 g/mol. The quantitative estimate of drug-likeness (QED) is 0.840. The van der Waals surface area contributed by atoms with Gasteiger partial charge in [0.1, 0.15) is 6.04 Å². The van der Waals surface area contributed by atoms with Crippen LogP contribution in [0.15, 0.2) is 42.5 Å². The van der Waals surface area contributed by atoms with Crippen molar-refractivity contribution in [2.45, 2.75) is 32.9 Å². The highest BCUT2D eigenvalue weighted by Gasteiger charge is 2.40. The molecule has 0 aromatic heterocycles. The first kappa shape index (κ1) is 15.9. The predicted octanol–water partition coefficient (Wildman–Crippen LogP) is 3.70. The molecule has 4 heteroatoms. The standard InChI is InChI=1S/C21H22N2O2/c1-13(2)11-18-21(25)23-12-14-7-4-5-8-15(14)16-9-6-10-17(19(16)23)20(24)22(18)3/h4-10,13,18H,11-12H2,1-3H3. The summed E-state index contributed by atoms with van der Waals surface area (Å²) in [6.07, 6.45) is 0.669. The number of anilines is 1. The van der Waals surface area contributed by atoms with Crippen LogP contribution in [-0.2, 0) is 11.3 Å². The molecule has 1 atom stereocenters. The van der Waals surface area contributed by atoms with E-state index in [4.69, 9.17) is 0 Å². The van der Waals surface area contributed by atoms with Gasteiger partial charge in [0.25, 0.3) is 5.91 Å². The third-order valence-corrected chi connectivity index (χ3v) is 5.21. The van der Waals surface area contributed by atoms with E-state index in [0.29, 0.717) is 24.4 Å². The van der Waals surface area contributed by atoms with Crippen molar-refractivity contribution in [3.63, 3.8) is 0 Å². The Balaban J connectivity index is 1.94. The number of fused-ring (bicyclic) bond motifs is 2. The Hall–Kier alpha value is -2.62. The number of hydrogen-bond donors (Lipinski definition) is 0. The van der Waals surface area contributed by atoms with Gasteiger partial charge < -0.3 is 9.80 Å². The molecule has 1 unspecified atom stereocenters. The number of benzene rings is 2. The zero-order valence-corrected chi connectivity index (χ0v) is 14.8. The van der Waals surface area contributed by atoms with Crippen LogP contribution in [0, 0.1) is 5.92 Å². The Morgan fingerprint density at radius 2 is 1.68 bits per heavy atom. The normalized spacial score (nSPS) is 19.0. The molecule has 0 saturated carbocycles. The van der Waals surface area contributed by atoms with Crippen LogP contribution >= 0.6 is 0 Å². The second-order valence-corrected chi connectivity index (χ2v) is 7.34.